The summed E-state index contributed by atoms with van der Waals surface area (Å²) in [6, 6.07) is 4.07. The fourth-order valence-corrected chi connectivity index (χ4v) is 3.75. The van der Waals surface area contributed by atoms with E-state index in [-0.39, 0.29) is 10.7 Å². The maximum atomic E-state index is 12.8. The molecule has 1 saturated heterocycles. The minimum absolute atomic E-state index is 0.0250. The monoisotopic (exact) mass is 271 g/mol. The standard InChI is InChI=1S/C11H14FN3O2S/c12-8-3-5-9(6-4-8)18(16,17)15-7-1-2-10(15)11(13)14/h3-6,10H,1-2,7H2,(H3,13,14)/t10-/m1/s1. The van der Waals surface area contributed by atoms with E-state index in [1.54, 1.807) is 0 Å². The zero-order chi connectivity index (χ0) is 13.3. The SMILES string of the molecule is N=C(N)[C@H]1CCCN1S(=O)(=O)c1ccc(F)cc1. The molecule has 1 aromatic carbocycles. The lowest BCUT2D eigenvalue weighted by atomic mass is 10.2. The molecular weight excluding hydrogens is 257 g/mol. The van der Waals surface area contributed by atoms with Crippen LogP contribution >= 0.6 is 0 Å². The van der Waals surface area contributed by atoms with Crippen molar-refractivity contribution in [2.45, 2.75) is 23.8 Å². The Morgan fingerprint density at radius 2 is 2.00 bits per heavy atom. The van der Waals surface area contributed by atoms with Gasteiger partial charge in [0.05, 0.1) is 10.9 Å². The molecule has 0 radical (unpaired) electrons. The lowest BCUT2D eigenvalue weighted by Gasteiger charge is -2.22. The molecule has 2 rings (SSSR count). The summed E-state index contributed by atoms with van der Waals surface area (Å²) in [4.78, 5) is 0.0250. The fraction of sp³-hybridized carbons (Fsp3) is 0.364. The van der Waals surface area contributed by atoms with Crippen LogP contribution in [0, 0.1) is 11.2 Å². The van der Waals surface area contributed by atoms with Crippen LogP contribution in [0.2, 0.25) is 0 Å². The van der Waals surface area contributed by atoms with Gasteiger partial charge in [-0.15, -0.1) is 0 Å². The molecule has 0 spiro atoms. The van der Waals surface area contributed by atoms with Crippen molar-refractivity contribution in [2.24, 2.45) is 5.73 Å². The van der Waals surface area contributed by atoms with E-state index in [0.717, 1.165) is 12.1 Å². The minimum atomic E-state index is -3.70. The molecular formula is C11H14FN3O2S. The molecule has 18 heavy (non-hydrogen) atoms. The van der Waals surface area contributed by atoms with E-state index in [4.69, 9.17) is 11.1 Å². The van der Waals surface area contributed by atoms with Gasteiger partial charge in [0, 0.05) is 6.54 Å². The molecule has 0 saturated carbocycles. The summed E-state index contributed by atoms with van der Waals surface area (Å²) >= 11 is 0. The van der Waals surface area contributed by atoms with Gasteiger partial charge in [0.2, 0.25) is 10.0 Å². The zero-order valence-electron chi connectivity index (χ0n) is 9.64. The molecule has 98 valence electrons. The van der Waals surface area contributed by atoms with Gasteiger partial charge >= 0.3 is 0 Å². The van der Waals surface area contributed by atoms with Gasteiger partial charge in [-0.1, -0.05) is 0 Å². The summed E-state index contributed by atoms with van der Waals surface area (Å²) in [5.74, 6) is -0.642. The number of halogens is 1. The summed E-state index contributed by atoms with van der Waals surface area (Å²) in [7, 11) is -3.70. The molecule has 1 atom stereocenters. The molecule has 1 aliphatic heterocycles. The van der Waals surface area contributed by atoms with E-state index in [0.29, 0.717) is 19.4 Å². The third-order valence-electron chi connectivity index (χ3n) is 2.98. The van der Waals surface area contributed by atoms with Crippen molar-refractivity contribution in [3.05, 3.63) is 30.1 Å². The van der Waals surface area contributed by atoms with Crippen LogP contribution in [0.3, 0.4) is 0 Å². The first kappa shape index (κ1) is 13.0. The Balaban J connectivity index is 2.36. The Labute approximate surface area is 105 Å². The highest BCUT2D eigenvalue weighted by Gasteiger charge is 2.36. The van der Waals surface area contributed by atoms with Crippen LogP contribution in [0.25, 0.3) is 0 Å². The number of nitrogens with two attached hydrogens (primary N) is 1. The third kappa shape index (κ3) is 2.23. The predicted molar refractivity (Wildman–Crippen MR) is 65.2 cm³/mol. The molecule has 0 bridgehead atoms. The topological polar surface area (TPSA) is 87.2 Å². The van der Waals surface area contributed by atoms with Gasteiger partial charge in [-0.25, -0.2) is 12.8 Å². The number of hydrogen-bond donors (Lipinski definition) is 2. The number of nitrogens with one attached hydrogen (secondary N) is 1. The van der Waals surface area contributed by atoms with Crippen LogP contribution in [-0.4, -0.2) is 31.1 Å². The second-order valence-corrected chi connectivity index (χ2v) is 6.07. The normalized spacial score (nSPS) is 21.1. The highest BCUT2D eigenvalue weighted by atomic mass is 32.2. The molecule has 0 aliphatic carbocycles. The van der Waals surface area contributed by atoms with Crippen molar-refractivity contribution in [2.75, 3.05) is 6.54 Å². The highest BCUT2D eigenvalue weighted by Crippen LogP contribution is 2.25. The molecule has 1 aromatic rings. The van der Waals surface area contributed by atoms with Crippen molar-refractivity contribution in [3.8, 4) is 0 Å². The summed E-state index contributed by atoms with van der Waals surface area (Å²) < 4.78 is 38.6. The van der Waals surface area contributed by atoms with E-state index < -0.39 is 21.9 Å². The number of amidine groups is 1. The first-order valence-corrected chi connectivity index (χ1v) is 6.98. The van der Waals surface area contributed by atoms with Crippen LogP contribution in [0.4, 0.5) is 4.39 Å². The van der Waals surface area contributed by atoms with Crippen LogP contribution < -0.4 is 5.73 Å². The number of hydrogen-bond acceptors (Lipinski definition) is 3. The van der Waals surface area contributed by atoms with E-state index in [2.05, 4.69) is 0 Å². The Kier molecular flexibility index (Phi) is 3.36. The highest BCUT2D eigenvalue weighted by molar-refractivity contribution is 7.89. The lowest BCUT2D eigenvalue weighted by Crippen LogP contribution is -2.43. The number of nitrogens with zero attached hydrogens (tertiary/aromatic N) is 1. The Morgan fingerprint density at radius 1 is 1.39 bits per heavy atom. The van der Waals surface area contributed by atoms with E-state index in [1.165, 1.54) is 16.4 Å². The Bertz CT molecular complexity index is 556. The molecule has 0 unspecified atom stereocenters. The van der Waals surface area contributed by atoms with Crippen LogP contribution in [0.5, 0.6) is 0 Å². The third-order valence-corrected chi connectivity index (χ3v) is 4.91. The number of sulfonamides is 1. The van der Waals surface area contributed by atoms with Crippen molar-refractivity contribution < 1.29 is 12.8 Å². The molecule has 1 aliphatic rings. The van der Waals surface area contributed by atoms with Gasteiger partial charge in [0.15, 0.2) is 0 Å². The molecule has 0 amide bonds. The average molecular weight is 271 g/mol. The predicted octanol–water partition coefficient (Wildman–Crippen LogP) is 0.915. The molecule has 1 fully saturated rings. The Morgan fingerprint density at radius 3 is 2.56 bits per heavy atom. The number of rotatable bonds is 3. The molecule has 0 aromatic heterocycles. The zero-order valence-corrected chi connectivity index (χ0v) is 10.5. The van der Waals surface area contributed by atoms with Gasteiger partial charge in [-0.05, 0) is 37.1 Å². The molecule has 5 nitrogen and oxygen atoms in total. The summed E-state index contributed by atoms with van der Waals surface area (Å²) in [6.07, 6.45) is 1.22. The van der Waals surface area contributed by atoms with Crippen molar-refractivity contribution in [1.29, 1.82) is 5.41 Å². The van der Waals surface area contributed by atoms with Crippen molar-refractivity contribution in [3.63, 3.8) is 0 Å². The summed E-state index contributed by atoms with van der Waals surface area (Å²) in [6.45, 7) is 0.337. The second-order valence-electron chi connectivity index (χ2n) is 4.18. The molecule has 7 heteroatoms. The molecule has 3 N–H and O–H groups in total. The van der Waals surface area contributed by atoms with Crippen LogP contribution in [0.15, 0.2) is 29.2 Å². The average Bonchev–Trinajstić information content (AvgIpc) is 2.79. The van der Waals surface area contributed by atoms with Crippen LogP contribution in [-0.2, 0) is 10.0 Å². The van der Waals surface area contributed by atoms with Crippen LogP contribution in [0.1, 0.15) is 12.8 Å². The van der Waals surface area contributed by atoms with Gasteiger partial charge in [-0.2, -0.15) is 4.31 Å². The lowest BCUT2D eigenvalue weighted by molar-refractivity contribution is 0.443. The fourth-order valence-electron chi connectivity index (χ4n) is 2.08. The summed E-state index contributed by atoms with van der Waals surface area (Å²) in [5.41, 5.74) is 5.40. The second kappa shape index (κ2) is 4.66. The minimum Gasteiger partial charge on any atom is -0.386 e. The smallest absolute Gasteiger partial charge is 0.243 e. The number of benzene rings is 1. The summed E-state index contributed by atoms with van der Waals surface area (Å²) in [5, 5.41) is 7.41. The molecule has 1 heterocycles. The van der Waals surface area contributed by atoms with Gasteiger partial charge in [0.25, 0.3) is 0 Å². The quantitative estimate of drug-likeness (QED) is 0.633. The largest absolute Gasteiger partial charge is 0.386 e. The van der Waals surface area contributed by atoms with Crippen molar-refractivity contribution >= 4 is 15.9 Å². The van der Waals surface area contributed by atoms with E-state index in [9.17, 15) is 12.8 Å². The first-order chi connectivity index (χ1) is 8.43. The maximum Gasteiger partial charge on any atom is 0.243 e. The first-order valence-electron chi connectivity index (χ1n) is 5.54. The van der Waals surface area contributed by atoms with Gasteiger partial charge < -0.3 is 5.73 Å². The maximum absolute atomic E-state index is 12.8. The van der Waals surface area contributed by atoms with Gasteiger partial charge in [-0.3, -0.25) is 5.41 Å². The van der Waals surface area contributed by atoms with Crippen molar-refractivity contribution in [1.82, 2.24) is 4.31 Å². The van der Waals surface area contributed by atoms with E-state index in [1.807, 2.05) is 0 Å². The Hall–Kier alpha value is -1.47. The van der Waals surface area contributed by atoms with E-state index >= 15 is 0 Å². The van der Waals surface area contributed by atoms with Gasteiger partial charge in [0.1, 0.15) is 11.7 Å².